The van der Waals surface area contributed by atoms with Crippen LogP contribution in [0.2, 0.25) is 5.02 Å². The summed E-state index contributed by atoms with van der Waals surface area (Å²) in [6.07, 6.45) is 4.10. The number of hydrogen-bond acceptors (Lipinski definition) is 2. The zero-order valence-corrected chi connectivity index (χ0v) is 12.0. The predicted octanol–water partition coefficient (Wildman–Crippen LogP) is 5.43. The summed E-state index contributed by atoms with van der Waals surface area (Å²) < 4.78 is 1.22. The first-order valence-electron chi connectivity index (χ1n) is 6.01. The van der Waals surface area contributed by atoms with Crippen LogP contribution in [0.1, 0.15) is 16.1 Å². The van der Waals surface area contributed by atoms with E-state index in [-0.39, 0.29) is 0 Å². The quantitative estimate of drug-likeness (QED) is 0.612. The van der Waals surface area contributed by atoms with Gasteiger partial charge in [-0.1, -0.05) is 35.9 Å². The van der Waals surface area contributed by atoms with E-state index in [4.69, 9.17) is 11.6 Å². The van der Waals surface area contributed by atoms with Gasteiger partial charge < -0.3 is 0 Å². The van der Waals surface area contributed by atoms with Crippen LogP contribution in [-0.4, -0.2) is 4.98 Å². The molecule has 1 aromatic heterocycles. The van der Waals surface area contributed by atoms with E-state index >= 15 is 0 Å². The van der Waals surface area contributed by atoms with Crippen molar-refractivity contribution in [3.63, 3.8) is 0 Å². The van der Waals surface area contributed by atoms with E-state index in [0.29, 0.717) is 0 Å². The number of halogens is 1. The summed E-state index contributed by atoms with van der Waals surface area (Å²) in [7, 11) is 0. The van der Waals surface area contributed by atoms with Crippen molar-refractivity contribution >= 4 is 45.3 Å². The molecule has 0 aliphatic rings. The summed E-state index contributed by atoms with van der Waals surface area (Å²) in [5, 5.41) is 1.78. The number of benzene rings is 2. The average molecular weight is 286 g/mol. The number of thiazole rings is 1. The van der Waals surface area contributed by atoms with Crippen molar-refractivity contribution in [3.8, 4) is 0 Å². The highest BCUT2D eigenvalue weighted by atomic mass is 35.5. The third-order valence-corrected chi connectivity index (χ3v) is 4.10. The Kier molecular flexibility index (Phi) is 3.36. The predicted molar refractivity (Wildman–Crippen MR) is 84.7 cm³/mol. The Hall–Kier alpha value is -1.64. The molecule has 0 atom stereocenters. The fourth-order valence-corrected chi connectivity index (χ4v) is 2.84. The molecule has 1 heterocycles. The second kappa shape index (κ2) is 5.16. The van der Waals surface area contributed by atoms with Crippen LogP contribution < -0.4 is 0 Å². The highest BCUT2D eigenvalue weighted by Gasteiger charge is 2.00. The fourth-order valence-electron chi connectivity index (χ4n) is 1.87. The van der Waals surface area contributed by atoms with Gasteiger partial charge >= 0.3 is 0 Å². The van der Waals surface area contributed by atoms with E-state index in [1.165, 1.54) is 10.3 Å². The molecule has 3 rings (SSSR count). The van der Waals surface area contributed by atoms with Crippen LogP contribution in [0.3, 0.4) is 0 Å². The first-order valence-corrected chi connectivity index (χ1v) is 7.21. The first-order chi connectivity index (χ1) is 9.20. The lowest BCUT2D eigenvalue weighted by atomic mass is 10.2. The minimum Gasteiger partial charge on any atom is -0.237 e. The molecule has 0 aliphatic heterocycles. The Morgan fingerprint density at radius 3 is 2.63 bits per heavy atom. The Morgan fingerprint density at radius 2 is 1.84 bits per heavy atom. The van der Waals surface area contributed by atoms with Gasteiger partial charge in [0.1, 0.15) is 5.01 Å². The van der Waals surface area contributed by atoms with Crippen LogP contribution in [-0.2, 0) is 0 Å². The molecule has 0 aliphatic carbocycles. The lowest BCUT2D eigenvalue weighted by Crippen LogP contribution is -1.73. The molecule has 0 amide bonds. The van der Waals surface area contributed by atoms with Gasteiger partial charge in [0.25, 0.3) is 0 Å². The van der Waals surface area contributed by atoms with Gasteiger partial charge in [-0.3, -0.25) is 0 Å². The number of fused-ring (bicyclic) bond motifs is 1. The lowest BCUT2D eigenvalue weighted by Gasteiger charge is -1.92. The standard InChI is InChI=1S/C16H12ClNS/c1-11-2-8-15-14(10-11)18-16(19-15)9-5-12-3-6-13(17)7-4-12/h2-10H,1H3/b9-5+. The van der Waals surface area contributed by atoms with E-state index in [1.807, 2.05) is 30.3 Å². The molecule has 0 N–H and O–H groups in total. The Balaban J connectivity index is 1.90. The summed E-state index contributed by atoms with van der Waals surface area (Å²) in [4.78, 5) is 4.61. The molecule has 19 heavy (non-hydrogen) atoms. The first kappa shape index (κ1) is 12.4. The topological polar surface area (TPSA) is 12.9 Å². The molecule has 0 unspecified atom stereocenters. The summed E-state index contributed by atoms with van der Waals surface area (Å²) in [5.74, 6) is 0. The van der Waals surface area contributed by atoms with Crippen LogP contribution in [0.25, 0.3) is 22.4 Å². The van der Waals surface area contributed by atoms with Crippen molar-refractivity contribution < 1.29 is 0 Å². The highest BCUT2D eigenvalue weighted by molar-refractivity contribution is 7.19. The zero-order chi connectivity index (χ0) is 13.2. The lowest BCUT2D eigenvalue weighted by molar-refractivity contribution is 1.43. The molecule has 2 aromatic carbocycles. The van der Waals surface area contributed by atoms with Crippen molar-refractivity contribution in [1.29, 1.82) is 0 Å². The zero-order valence-electron chi connectivity index (χ0n) is 10.4. The fraction of sp³-hybridized carbons (Fsp3) is 0.0625. The van der Waals surface area contributed by atoms with Gasteiger partial charge in [0, 0.05) is 5.02 Å². The number of aryl methyl sites for hydroxylation is 1. The van der Waals surface area contributed by atoms with Crippen molar-refractivity contribution in [1.82, 2.24) is 4.98 Å². The molecule has 1 nitrogen and oxygen atoms in total. The monoisotopic (exact) mass is 285 g/mol. The van der Waals surface area contributed by atoms with Crippen molar-refractivity contribution in [2.75, 3.05) is 0 Å². The van der Waals surface area contributed by atoms with Gasteiger partial charge in [-0.25, -0.2) is 4.98 Å². The van der Waals surface area contributed by atoms with Crippen LogP contribution >= 0.6 is 22.9 Å². The van der Waals surface area contributed by atoms with Gasteiger partial charge in [-0.05, 0) is 48.4 Å². The summed E-state index contributed by atoms with van der Waals surface area (Å²) in [6, 6.07) is 14.1. The third kappa shape index (κ3) is 2.86. The van der Waals surface area contributed by atoms with Crippen LogP contribution in [0.4, 0.5) is 0 Å². The summed E-state index contributed by atoms with van der Waals surface area (Å²) >= 11 is 7.57. The molecular weight excluding hydrogens is 274 g/mol. The molecule has 0 bridgehead atoms. The van der Waals surface area contributed by atoms with Crippen molar-refractivity contribution in [3.05, 3.63) is 63.6 Å². The van der Waals surface area contributed by atoms with Crippen LogP contribution in [0.15, 0.2) is 42.5 Å². The molecule has 0 saturated carbocycles. The second-order valence-electron chi connectivity index (χ2n) is 4.41. The molecule has 0 spiro atoms. The molecule has 3 aromatic rings. The minimum absolute atomic E-state index is 0.757. The maximum Gasteiger partial charge on any atom is 0.117 e. The van der Waals surface area contributed by atoms with E-state index in [0.717, 1.165) is 21.1 Å². The number of aromatic nitrogens is 1. The van der Waals surface area contributed by atoms with Gasteiger partial charge in [0.2, 0.25) is 0 Å². The average Bonchev–Trinajstić information content (AvgIpc) is 2.80. The van der Waals surface area contributed by atoms with E-state index in [9.17, 15) is 0 Å². The maximum atomic E-state index is 5.86. The number of rotatable bonds is 2. The molecule has 0 radical (unpaired) electrons. The normalized spacial score (nSPS) is 11.5. The molecule has 3 heteroatoms. The van der Waals surface area contributed by atoms with Gasteiger partial charge in [0.15, 0.2) is 0 Å². The molecule has 0 fully saturated rings. The summed E-state index contributed by atoms with van der Waals surface area (Å²) in [5.41, 5.74) is 3.44. The molecule has 0 saturated heterocycles. The molecule has 94 valence electrons. The maximum absolute atomic E-state index is 5.86. The number of nitrogens with zero attached hydrogens (tertiary/aromatic N) is 1. The Labute approximate surface area is 121 Å². The van der Waals surface area contributed by atoms with Crippen LogP contribution in [0, 0.1) is 6.92 Å². The largest absolute Gasteiger partial charge is 0.237 e. The number of hydrogen-bond donors (Lipinski definition) is 0. The minimum atomic E-state index is 0.757. The smallest absolute Gasteiger partial charge is 0.117 e. The van der Waals surface area contributed by atoms with Gasteiger partial charge in [0.05, 0.1) is 10.2 Å². The highest BCUT2D eigenvalue weighted by Crippen LogP contribution is 2.24. The summed E-state index contributed by atoms with van der Waals surface area (Å²) in [6.45, 7) is 2.09. The van der Waals surface area contributed by atoms with Gasteiger partial charge in [-0.15, -0.1) is 11.3 Å². The van der Waals surface area contributed by atoms with Crippen molar-refractivity contribution in [2.24, 2.45) is 0 Å². The molecular formula is C16H12ClNS. The Morgan fingerprint density at radius 1 is 1.05 bits per heavy atom. The van der Waals surface area contributed by atoms with E-state index in [1.54, 1.807) is 11.3 Å². The van der Waals surface area contributed by atoms with E-state index in [2.05, 4.69) is 36.2 Å². The third-order valence-electron chi connectivity index (χ3n) is 2.85. The Bertz CT molecular complexity index is 741. The SMILES string of the molecule is Cc1ccc2sc(/C=C/c3ccc(Cl)cc3)nc2c1. The second-order valence-corrected chi connectivity index (χ2v) is 5.91. The van der Waals surface area contributed by atoms with Crippen LogP contribution in [0.5, 0.6) is 0 Å². The van der Waals surface area contributed by atoms with E-state index < -0.39 is 0 Å². The van der Waals surface area contributed by atoms with Gasteiger partial charge in [-0.2, -0.15) is 0 Å². The van der Waals surface area contributed by atoms with Crippen molar-refractivity contribution in [2.45, 2.75) is 6.92 Å².